The molecule has 0 radical (unpaired) electrons. The summed E-state index contributed by atoms with van der Waals surface area (Å²) in [6.07, 6.45) is 1.37. The van der Waals surface area contributed by atoms with E-state index in [-0.39, 0.29) is 17.2 Å². The molecule has 0 atom stereocenters. The molecule has 7 nitrogen and oxygen atoms in total. The van der Waals surface area contributed by atoms with Crippen molar-refractivity contribution in [3.05, 3.63) is 128 Å². The van der Waals surface area contributed by atoms with Gasteiger partial charge < -0.3 is 10.1 Å². The molecule has 4 aromatic carbocycles. The highest BCUT2D eigenvalue weighted by Crippen LogP contribution is 2.23. The highest BCUT2D eigenvalue weighted by Gasteiger charge is 2.15. The largest absolute Gasteiger partial charge is 0.422 e. The van der Waals surface area contributed by atoms with E-state index in [1.54, 1.807) is 84.9 Å². The average molecular weight is 591 g/mol. The predicted octanol–water partition coefficient (Wildman–Crippen LogP) is 6.65. The first kappa shape index (κ1) is 26.8. The fourth-order valence-electron chi connectivity index (χ4n) is 3.45. The summed E-state index contributed by atoms with van der Waals surface area (Å²) in [5, 5.41) is 7.28. The quantitative estimate of drug-likeness (QED) is 0.109. The minimum Gasteiger partial charge on any atom is -0.422 e. The number of hydrazone groups is 1. The highest BCUT2D eigenvalue weighted by molar-refractivity contribution is 9.10. The number of carbonyl (C=O) groups excluding carboxylic acids is 3. The summed E-state index contributed by atoms with van der Waals surface area (Å²) in [6.45, 7) is 1.89. The number of amides is 2. The van der Waals surface area contributed by atoms with Gasteiger partial charge in [0.2, 0.25) is 0 Å². The van der Waals surface area contributed by atoms with Crippen molar-refractivity contribution < 1.29 is 19.1 Å². The SMILES string of the molecule is Cc1cccc(C(=O)Oc2ccc(Br)cc2/C=N\NC(=O)c2ccccc2NC(=O)c2ccc(Cl)cc2)c1. The van der Waals surface area contributed by atoms with Crippen LogP contribution in [0.4, 0.5) is 5.69 Å². The van der Waals surface area contributed by atoms with Crippen LogP contribution in [0.5, 0.6) is 5.75 Å². The van der Waals surface area contributed by atoms with Crippen LogP contribution in [-0.4, -0.2) is 24.0 Å². The molecule has 190 valence electrons. The van der Waals surface area contributed by atoms with E-state index in [4.69, 9.17) is 16.3 Å². The number of aryl methyl sites for hydroxylation is 1. The number of nitrogens with one attached hydrogen (secondary N) is 2. The van der Waals surface area contributed by atoms with E-state index in [0.29, 0.717) is 27.4 Å². The monoisotopic (exact) mass is 589 g/mol. The zero-order valence-corrected chi connectivity index (χ0v) is 22.4. The summed E-state index contributed by atoms with van der Waals surface area (Å²) in [5.41, 5.74) is 5.19. The molecule has 2 N–H and O–H groups in total. The Kier molecular flexibility index (Phi) is 8.68. The Hall–Kier alpha value is -4.27. The summed E-state index contributed by atoms with van der Waals surface area (Å²) in [5.74, 6) is -1.17. The molecule has 0 saturated carbocycles. The van der Waals surface area contributed by atoms with Crippen LogP contribution in [0.2, 0.25) is 5.02 Å². The van der Waals surface area contributed by atoms with Gasteiger partial charge in [-0.05, 0) is 73.7 Å². The highest BCUT2D eigenvalue weighted by atomic mass is 79.9. The van der Waals surface area contributed by atoms with Gasteiger partial charge in [-0.15, -0.1) is 0 Å². The number of anilines is 1. The summed E-state index contributed by atoms with van der Waals surface area (Å²) in [6, 6.07) is 25.1. The summed E-state index contributed by atoms with van der Waals surface area (Å²) in [7, 11) is 0. The Morgan fingerprint density at radius 1 is 0.868 bits per heavy atom. The Labute approximate surface area is 232 Å². The minimum atomic E-state index is -0.540. The lowest BCUT2D eigenvalue weighted by Crippen LogP contribution is -2.21. The van der Waals surface area contributed by atoms with Crippen LogP contribution in [0, 0.1) is 6.92 Å². The average Bonchev–Trinajstić information content (AvgIpc) is 2.90. The lowest BCUT2D eigenvalue weighted by atomic mass is 10.1. The van der Waals surface area contributed by atoms with E-state index in [1.807, 2.05) is 13.0 Å². The second kappa shape index (κ2) is 12.3. The molecular weight excluding hydrogens is 570 g/mol. The van der Waals surface area contributed by atoms with Crippen molar-refractivity contribution in [3.63, 3.8) is 0 Å². The number of nitrogens with zero attached hydrogens (tertiary/aromatic N) is 1. The standard InChI is InChI=1S/C29H21BrClN3O4/c1-18-5-4-6-20(15-18)29(37)38-26-14-11-22(30)16-21(26)17-32-34-28(36)24-7-2-3-8-25(24)33-27(35)19-9-12-23(31)13-10-19/h2-17H,1H3,(H,33,35)(H,34,36)/b32-17-. The molecule has 0 heterocycles. The van der Waals surface area contributed by atoms with Gasteiger partial charge in [0.25, 0.3) is 11.8 Å². The number of para-hydroxylation sites is 1. The lowest BCUT2D eigenvalue weighted by Gasteiger charge is -2.10. The number of benzene rings is 4. The van der Waals surface area contributed by atoms with E-state index < -0.39 is 11.9 Å². The van der Waals surface area contributed by atoms with Gasteiger partial charge in [-0.25, -0.2) is 10.2 Å². The first-order chi connectivity index (χ1) is 18.3. The second-order valence-electron chi connectivity index (χ2n) is 8.15. The topological polar surface area (TPSA) is 96.9 Å². The van der Waals surface area contributed by atoms with E-state index in [2.05, 4.69) is 31.8 Å². The van der Waals surface area contributed by atoms with Crippen LogP contribution < -0.4 is 15.5 Å². The number of carbonyl (C=O) groups is 3. The summed E-state index contributed by atoms with van der Waals surface area (Å²) < 4.78 is 6.31. The molecule has 0 unspecified atom stereocenters. The van der Waals surface area contributed by atoms with Gasteiger partial charge in [0.1, 0.15) is 5.75 Å². The maximum atomic E-state index is 12.9. The van der Waals surface area contributed by atoms with Crippen molar-refractivity contribution in [3.8, 4) is 5.75 Å². The Balaban J connectivity index is 1.47. The van der Waals surface area contributed by atoms with Gasteiger partial charge in [0.05, 0.1) is 23.0 Å². The second-order valence-corrected chi connectivity index (χ2v) is 9.50. The van der Waals surface area contributed by atoms with Gasteiger partial charge in [-0.1, -0.05) is 57.4 Å². The van der Waals surface area contributed by atoms with E-state index in [9.17, 15) is 14.4 Å². The van der Waals surface area contributed by atoms with Crippen molar-refractivity contribution in [2.24, 2.45) is 5.10 Å². The molecule has 2 amide bonds. The lowest BCUT2D eigenvalue weighted by molar-refractivity contribution is 0.0733. The van der Waals surface area contributed by atoms with Crippen LogP contribution in [0.3, 0.4) is 0 Å². The Morgan fingerprint density at radius 3 is 2.39 bits per heavy atom. The molecule has 4 rings (SSSR count). The van der Waals surface area contributed by atoms with E-state index in [1.165, 1.54) is 6.21 Å². The fraction of sp³-hybridized carbons (Fsp3) is 0.0345. The van der Waals surface area contributed by atoms with Gasteiger partial charge >= 0.3 is 5.97 Å². The molecular formula is C29H21BrClN3O4. The van der Waals surface area contributed by atoms with Crippen molar-refractivity contribution in [1.82, 2.24) is 5.43 Å². The van der Waals surface area contributed by atoms with Gasteiger partial charge in [-0.2, -0.15) is 5.10 Å². The molecule has 0 spiro atoms. The van der Waals surface area contributed by atoms with Gasteiger partial charge in [-0.3, -0.25) is 9.59 Å². The first-order valence-electron chi connectivity index (χ1n) is 11.4. The van der Waals surface area contributed by atoms with Gasteiger partial charge in [0.15, 0.2) is 0 Å². The molecule has 0 saturated heterocycles. The van der Waals surface area contributed by atoms with Crippen LogP contribution in [0.15, 0.2) is 101 Å². The molecule has 0 aliphatic rings. The Bertz CT molecular complexity index is 1540. The van der Waals surface area contributed by atoms with Crippen LogP contribution in [-0.2, 0) is 0 Å². The van der Waals surface area contributed by atoms with Crippen LogP contribution >= 0.6 is 27.5 Å². The number of ether oxygens (including phenoxy) is 1. The smallest absolute Gasteiger partial charge is 0.343 e. The Morgan fingerprint density at radius 2 is 1.63 bits per heavy atom. The van der Waals surface area contributed by atoms with Gasteiger partial charge in [0, 0.05) is 20.6 Å². The molecule has 0 fully saturated rings. The predicted molar refractivity (Wildman–Crippen MR) is 151 cm³/mol. The van der Waals surface area contributed by atoms with Crippen molar-refractivity contribution >= 4 is 57.2 Å². The first-order valence-corrected chi connectivity index (χ1v) is 12.5. The third-order valence-corrected chi connectivity index (χ3v) is 6.07. The molecule has 9 heteroatoms. The van der Waals surface area contributed by atoms with Crippen molar-refractivity contribution in [2.45, 2.75) is 6.92 Å². The molecule has 0 bridgehead atoms. The maximum absolute atomic E-state index is 12.9. The minimum absolute atomic E-state index is 0.215. The van der Waals surface area contributed by atoms with E-state index >= 15 is 0 Å². The normalized spacial score (nSPS) is 10.7. The number of esters is 1. The molecule has 0 aliphatic heterocycles. The number of hydrogen-bond donors (Lipinski definition) is 2. The van der Waals surface area contributed by atoms with Crippen LogP contribution in [0.25, 0.3) is 0 Å². The third-order valence-electron chi connectivity index (χ3n) is 5.32. The van der Waals surface area contributed by atoms with Crippen molar-refractivity contribution in [2.75, 3.05) is 5.32 Å². The molecule has 38 heavy (non-hydrogen) atoms. The maximum Gasteiger partial charge on any atom is 0.343 e. The van der Waals surface area contributed by atoms with E-state index in [0.717, 1.165) is 10.0 Å². The number of hydrogen-bond acceptors (Lipinski definition) is 5. The molecule has 0 aromatic heterocycles. The third kappa shape index (κ3) is 6.94. The van der Waals surface area contributed by atoms with Crippen molar-refractivity contribution in [1.29, 1.82) is 0 Å². The van der Waals surface area contributed by atoms with Crippen LogP contribution in [0.1, 0.15) is 42.2 Å². The number of halogens is 2. The number of rotatable bonds is 7. The zero-order valence-electron chi connectivity index (χ0n) is 20.1. The molecule has 4 aromatic rings. The zero-order chi connectivity index (χ0) is 27.1. The molecule has 0 aliphatic carbocycles. The summed E-state index contributed by atoms with van der Waals surface area (Å²) in [4.78, 5) is 38.1. The fourth-order valence-corrected chi connectivity index (χ4v) is 3.96. The summed E-state index contributed by atoms with van der Waals surface area (Å²) >= 11 is 9.28.